The maximum Gasteiger partial charge on any atom is 0.303 e. The maximum absolute atomic E-state index is 12.9. The van der Waals surface area contributed by atoms with Crippen molar-refractivity contribution < 1.29 is 62.6 Å². The number of nitrogens with zero attached hydrogens (tertiary/aromatic N) is 5. The van der Waals surface area contributed by atoms with Gasteiger partial charge in [-0.1, -0.05) is 0 Å². The van der Waals surface area contributed by atoms with Crippen LogP contribution in [0.15, 0.2) is 48.6 Å². The Labute approximate surface area is 314 Å². The van der Waals surface area contributed by atoms with Crippen LogP contribution in [0.25, 0.3) is 0 Å². The van der Waals surface area contributed by atoms with E-state index in [1.807, 2.05) is 0 Å². The third-order valence-corrected chi connectivity index (χ3v) is 9.18. The number of carboxylic acids is 1. The minimum Gasteiger partial charge on any atom is -0.481 e. The third-order valence-electron chi connectivity index (χ3n) is 9.18. The lowest BCUT2D eigenvalue weighted by atomic mass is 10.0. The van der Waals surface area contributed by atoms with E-state index in [4.69, 9.17) is 5.11 Å². The van der Waals surface area contributed by atoms with E-state index in [0.29, 0.717) is 0 Å². The van der Waals surface area contributed by atoms with Gasteiger partial charge >= 0.3 is 5.97 Å². The average Bonchev–Trinajstić information content (AvgIpc) is 3.86. The van der Waals surface area contributed by atoms with Gasteiger partial charge in [0.2, 0.25) is 11.8 Å². The van der Waals surface area contributed by atoms with Gasteiger partial charge in [0, 0.05) is 93.9 Å². The zero-order valence-electron chi connectivity index (χ0n) is 29.8. The van der Waals surface area contributed by atoms with E-state index in [2.05, 4.69) is 5.32 Å². The second-order valence-corrected chi connectivity index (χ2v) is 13.0. The number of carbonyl (C=O) groups is 12. The van der Waals surface area contributed by atoms with Crippen molar-refractivity contribution in [3.8, 4) is 0 Å². The molecule has 19 nitrogen and oxygen atoms in total. The second-order valence-electron chi connectivity index (χ2n) is 13.0. The van der Waals surface area contributed by atoms with Crippen molar-refractivity contribution in [2.24, 2.45) is 0 Å². The van der Waals surface area contributed by atoms with Gasteiger partial charge in [-0.3, -0.25) is 77.1 Å². The summed E-state index contributed by atoms with van der Waals surface area (Å²) in [5, 5.41) is 11.7. The molecule has 0 aromatic carbocycles. The molecule has 4 heterocycles. The van der Waals surface area contributed by atoms with Gasteiger partial charge in [-0.2, -0.15) is 0 Å². The van der Waals surface area contributed by atoms with Crippen LogP contribution in [0.4, 0.5) is 0 Å². The predicted molar refractivity (Wildman–Crippen MR) is 185 cm³/mol. The van der Waals surface area contributed by atoms with Crippen LogP contribution in [0.3, 0.4) is 0 Å². The number of rotatable bonds is 23. The predicted octanol–water partition coefficient (Wildman–Crippen LogP) is -1.47. The molecule has 0 fully saturated rings. The Bertz CT molecular complexity index is 1720. The molecule has 4 aliphatic rings. The summed E-state index contributed by atoms with van der Waals surface area (Å²) in [4.78, 5) is 152. The highest BCUT2D eigenvalue weighted by atomic mass is 16.4. The molecule has 0 radical (unpaired) electrons. The van der Waals surface area contributed by atoms with Crippen LogP contribution in [0, 0.1) is 0 Å². The minimum atomic E-state index is -1.18. The fourth-order valence-corrected chi connectivity index (χ4v) is 6.33. The van der Waals surface area contributed by atoms with Crippen molar-refractivity contribution in [3.05, 3.63) is 48.6 Å². The van der Waals surface area contributed by atoms with E-state index in [-0.39, 0.29) is 89.9 Å². The van der Waals surface area contributed by atoms with Crippen molar-refractivity contribution in [1.82, 2.24) is 29.8 Å². The Morgan fingerprint density at radius 2 is 0.964 bits per heavy atom. The van der Waals surface area contributed by atoms with E-state index < -0.39 is 83.5 Å². The Hall–Kier alpha value is -6.40. The second kappa shape index (κ2) is 19.1. The van der Waals surface area contributed by atoms with Gasteiger partial charge in [0.15, 0.2) is 0 Å². The number of aliphatic carboxylic acids is 1. The van der Waals surface area contributed by atoms with E-state index in [0.717, 1.165) is 68.2 Å². The van der Waals surface area contributed by atoms with Gasteiger partial charge in [-0.05, 0) is 25.7 Å². The molecule has 0 aromatic rings. The summed E-state index contributed by atoms with van der Waals surface area (Å²) in [6.45, 7) is -0.310. The summed E-state index contributed by atoms with van der Waals surface area (Å²) >= 11 is 0. The lowest BCUT2D eigenvalue weighted by Crippen LogP contribution is -2.49. The van der Waals surface area contributed by atoms with Crippen molar-refractivity contribution >= 4 is 70.8 Å². The molecule has 55 heavy (non-hydrogen) atoms. The lowest BCUT2D eigenvalue weighted by molar-refractivity contribution is -0.145. The van der Waals surface area contributed by atoms with Crippen LogP contribution in [-0.4, -0.2) is 145 Å². The molecule has 0 aromatic heterocycles. The zero-order valence-corrected chi connectivity index (χ0v) is 29.8. The molecule has 0 spiro atoms. The lowest BCUT2D eigenvalue weighted by Gasteiger charge is -2.29. The first-order valence-corrected chi connectivity index (χ1v) is 17.6. The molecule has 0 saturated heterocycles. The van der Waals surface area contributed by atoms with Gasteiger partial charge in [0.25, 0.3) is 47.3 Å². The zero-order chi connectivity index (χ0) is 40.2. The molecule has 4 aliphatic heterocycles. The summed E-state index contributed by atoms with van der Waals surface area (Å²) in [7, 11) is 0. The molecule has 19 heteroatoms. The highest BCUT2D eigenvalue weighted by molar-refractivity contribution is 6.15. The molecule has 2 unspecified atom stereocenters. The maximum atomic E-state index is 12.9. The highest BCUT2D eigenvalue weighted by Gasteiger charge is 2.37. The van der Waals surface area contributed by atoms with Gasteiger partial charge < -0.3 is 15.3 Å². The average molecular weight is 765 g/mol. The summed E-state index contributed by atoms with van der Waals surface area (Å²) in [6.07, 6.45) is 7.82. The van der Waals surface area contributed by atoms with E-state index in [9.17, 15) is 57.5 Å². The van der Waals surface area contributed by atoms with Crippen molar-refractivity contribution in [1.29, 1.82) is 0 Å². The number of hydrogen-bond donors (Lipinski definition) is 2. The van der Waals surface area contributed by atoms with Crippen LogP contribution >= 0.6 is 0 Å². The topological polar surface area (TPSA) is 253 Å². The molecule has 292 valence electrons. The van der Waals surface area contributed by atoms with Crippen LogP contribution < -0.4 is 5.32 Å². The number of carbonyl (C=O) groups excluding carboxylic acids is 11. The number of imide groups is 4. The molecule has 4 rings (SSSR count). The largest absolute Gasteiger partial charge is 0.481 e. The van der Waals surface area contributed by atoms with Crippen LogP contribution in [0.1, 0.15) is 57.8 Å². The first-order chi connectivity index (χ1) is 26.2. The van der Waals surface area contributed by atoms with Crippen molar-refractivity contribution in [3.63, 3.8) is 0 Å². The molecule has 2 N–H and O–H groups in total. The Morgan fingerprint density at radius 3 is 1.42 bits per heavy atom. The van der Waals surface area contributed by atoms with Crippen molar-refractivity contribution in [2.45, 2.75) is 69.9 Å². The monoisotopic (exact) mass is 764 g/mol. The summed E-state index contributed by atoms with van der Waals surface area (Å²) < 4.78 is 0. The third kappa shape index (κ3) is 11.3. The van der Waals surface area contributed by atoms with E-state index >= 15 is 0 Å². The molecule has 0 saturated carbocycles. The number of carboxylic acid groups (broad SMARTS) is 1. The van der Waals surface area contributed by atoms with Crippen molar-refractivity contribution in [2.75, 3.05) is 32.7 Å². The molecule has 2 atom stereocenters. The quantitative estimate of drug-likeness (QED) is 0.0892. The van der Waals surface area contributed by atoms with Gasteiger partial charge in [0.1, 0.15) is 5.78 Å². The van der Waals surface area contributed by atoms with Gasteiger partial charge in [-0.25, -0.2) is 0 Å². The number of nitrogens with one attached hydrogen (secondary N) is 1. The first-order valence-electron chi connectivity index (χ1n) is 17.6. The fraction of sp³-hybridized carbons (Fsp3) is 0.444. The Morgan fingerprint density at radius 1 is 0.545 bits per heavy atom. The standard InChI is InChI=1S/C36H40N6O13/c43-25(6-4-23(41-32(50)12-13-33(41)51)21-39-28(46)8-9-29(39)47)3-1-19-38(27(45)16-17-36(54)55)20-2-18-37-26(44)7-5-24(42-34(52)14-15-35(42)53)22-40-30(48)10-11-31(40)49/h8-15,23-24H,1-7,16-22H2,(H,37,44)(H,54,55). The minimum absolute atomic E-state index is 0.0150. The SMILES string of the molecule is O=C(O)CCC(=O)N(CCCNC(=O)CCC(CN1C(=O)C=CC1=O)N1C(=O)C=CC1=O)CCCC(=O)CCC(CN1C(=O)C=CC1=O)N1C(=O)C=CC1=O. The summed E-state index contributed by atoms with van der Waals surface area (Å²) in [5.74, 6) is -7.39. The van der Waals surface area contributed by atoms with Crippen LogP contribution in [0.5, 0.6) is 0 Å². The number of hydrogen-bond acceptors (Lipinski definition) is 12. The fourth-order valence-electron chi connectivity index (χ4n) is 6.33. The summed E-state index contributed by atoms with van der Waals surface area (Å²) in [5.41, 5.74) is 0. The molecular formula is C36H40N6O13. The Balaban J connectivity index is 1.24. The van der Waals surface area contributed by atoms with E-state index in [1.54, 1.807) is 0 Å². The smallest absolute Gasteiger partial charge is 0.303 e. The highest BCUT2D eigenvalue weighted by Crippen LogP contribution is 2.20. The Kier molecular flexibility index (Phi) is 14.3. The van der Waals surface area contributed by atoms with E-state index in [1.165, 1.54) is 4.90 Å². The summed E-state index contributed by atoms with van der Waals surface area (Å²) in [6, 6.07) is -1.90. The normalized spacial score (nSPS) is 17.5. The van der Waals surface area contributed by atoms with Crippen LogP contribution in [-0.2, 0) is 57.5 Å². The van der Waals surface area contributed by atoms with Gasteiger partial charge in [-0.15, -0.1) is 0 Å². The number of amides is 10. The number of Topliss-reactive ketones (excluding diaryl/α,β-unsaturated/α-hetero) is 1. The van der Waals surface area contributed by atoms with Crippen LogP contribution in [0.2, 0.25) is 0 Å². The molecular weight excluding hydrogens is 724 g/mol. The first kappa shape index (κ1) is 41.4. The molecule has 10 amide bonds. The molecule has 0 bridgehead atoms. The number of ketones is 1. The molecule has 0 aliphatic carbocycles. The van der Waals surface area contributed by atoms with Gasteiger partial charge in [0.05, 0.1) is 31.6 Å².